The molecule has 1 fully saturated rings. The van der Waals surface area contributed by atoms with Crippen LogP contribution in [-0.4, -0.2) is 23.1 Å². The molecule has 0 bridgehead atoms. The molecule has 1 aromatic rings. The lowest BCUT2D eigenvalue weighted by Crippen LogP contribution is -2.27. The third-order valence-electron chi connectivity index (χ3n) is 4.31. The fraction of sp³-hybridized carbons (Fsp3) is 0.750. The molecule has 2 rings (SSSR count). The van der Waals surface area contributed by atoms with Crippen molar-refractivity contribution in [3.05, 3.63) is 16.5 Å². The maximum atomic E-state index is 6.29. The smallest absolute Gasteiger partial charge is 0.137 e. The molecule has 0 amide bonds. The highest BCUT2D eigenvalue weighted by atomic mass is 35.5. The maximum Gasteiger partial charge on any atom is 0.137 e. The first-order chi connectivity index (χ1) is 9.20. The molecule has 1 saturated heterocycles. The summed E-state index contributed by atoms with van der Waals surface area (Å²) in [5.74, 6) is 2.88. The van der Waals surface area contributed by atoms with Gasteiger partial charge < -0.3 is 4.90 Å². The van der Waals surface area contributed by atoms with Crippen molar-refractivity contribution in [1.29, 1.82) is 0 Å². The van der Waals surface area contributed by atoms with Crippen molar-refractivity contribution < 1.29 is 0 Å². The molecule has 0 N–H and O–H groups in total. The van der Waals surface area contributed by atoms with Crippen LogP contribution in [0.3, 0.4) is 0 Å². The lowest BCUT2D eigenvalue weighted by Gasteiger charge is -2.28. The van der Waals surface area contributed by atoms with Gasteiger partial charge in [0, 0.05) is 24.6 Å². The van der Waals surface area contributed by atoms with E-state index in [-0.39, 0.29) is 0 Å². The Morgan fingerprint density at radius 3 is 2.40 bits per heavy atom. The molecule has 1 atom stereocenters. The molecule has 0 aliphatic carbocycles. The van der Waals surface area contributed by atoms with Gasteiger partial charge in [0.2, 0.25) is 0 Å². The summed E-state index contributed by atoms with van der Waals surface area (Å²) in [7, 11) is 0. The van der Waals surface area contributed by atoms with E-state index in [1.807, 2.05) is 6.92 Å². The van der Waals surface area contributed by atoms with Gasteiger partial charge in [0.15, 0.2) is 0 Å². The van der Waals surface area contributed by atoms with Crippen molar-refractivity contribution in [2.45, 2.75) is 53.9 Å². The monoisotopic (exact) mass is 295 g/mol. The van der Waals surface area contributed by atoms with Crippen LogP contribution in [0.2, 0.25) is 5.15 Å². The molecule has 0 saturated carbocycles. The van der Waals surface area contributed by atoms with Crippen molar-refractivity contribution >= 4 is 17.4 Å². The van der Waals surface area contributed by atoms with Gasteiger partial charge in [-0.15, -0.1) is 0 Å². The van der Waals surface area contributed by atoms with E-state index in [1.165, 1.54) is 6.42 Å². The highest BCUT2D eigenvalue weighted by Gasteiger charge is 2.33. The standard InChI is InChI=1S/C16H26ClN3/c1-10(2)14-18-13(17)11(3)15(19-14)20-8-7-12(9-20)16(4,5)6/h10,12H,7-9H2,1-6H3. The molecule has 4 heteroatoms. The zero-order chi connectivity index (χ0) is 15.1. The van der Waals surface area contributed by atoms with E-state index < -0.39 is 0 Å². The minimum absolute atomic E-state index is 0.299. The van der Waals surface area contributed by atoms with Gasteiger partial charge >= 0.3 is 0 Å². The number of hydrogen-bond donors (Lipinski definition) is 0. The van der Waals surface area contributed by atoms with Crippen LogP contribution in [0.25, 0.3) is 0 Å². The van der Waals surface area contributed by atoms with E-state index in [4.69, 9.17) is 16.6 Å². The minimum atomic E-state index is 0.299. The van der Waals surface area contributed by atoms with E-state index >= 15 is 0 Å². The third-order valence-corrected chi connectivity index (χ3v) is 4.67. The number of hydrogen-bond acceptors (Lipinski definition) is 3. The molecular weight excluding hydrogens is 270 g/mol. The number of anilines is 1. The second-order valence-electron chi connectivity index (χ2n) is 7.27. The molecule has 0 radical (unpaired) electrons. The Labute approximate surface area is 127 Å². The Balaban J connectivity index is 2.30. The maximum absolute atomic E-state index is 6.29. The van der Waals surface area contributed by atoms with E-state index in [2.05, 4.69) is 44.5 Å². The summed E-state index contributed by atoms with van der Waals surface area (Å²) >= 11 is 6.29. The first-order valence-corrected chi connectivity index (χ1v) is 7.87. The van der Waals surface area contributed by atoms with Gasteiger partial charge in [0.1, 0.15) is 16.8 Å². The van der Waals surface area contributed by atoms with Gasteiger partial charge in [0.25, 0.3) is 0 Å². The zero-order valence-electron chi connectivity index (χ0n) is 13.5. The summed E-state index contributed by atoms with van der Waals surface area (Å²) in [5, 5.41) is 0.595. The minimum Gasteiger partial charge on any atom is -0.356 e. The molecule has 3 nitrogen and oxygen atoms in total. The summed E-state index contributed by atoms with van der Waals surface area (Å²) in [5.41, 5.74) is 1.35. The first-order valence-electron chi connectivity index (χ1n) is 7.49. The van der Waals surface area contributed by atoms with Crippen LogP contribution < -0.4 is 4.90 Å². The van der Waals surface area contributed by atoms with Crippen LogP contribution >= 0.6 is 11.6 Å². The summed E-state index contributed by atoms with van der Waals surface area (Å²) in [4.78, 5) is 11.5. The Morgan fingerprint density at radius 1 is 1.25 bits per heavy atom. The SMILES string of the molecule is Cc1c(Cl)nc(C(C)C)nc1N1CCC(C(C)(C)C)C1. The fourth-order valence-electron chi connectivity index (χ4n) is 2.72. The van der Waals surface area contributed by atoms with E-state index in [0.717, 1.165) is 30.3 Å². The molecule has 2 heterocycles. The quantitative estimate of drug-likeness (QED) is 0.756. The van der Waals surface area contributed by atoms with E-state index in [0.29, 0.717) is 22.4 Å². The van der Waals surface area contributed by atoms with Gasteiger partial charge in [-0.25, -0.2) is 9.97 Å². The van der Waals surface area contributed by atoms with Crippen LogP contribution in [0.1, 0.15) is 58.3 Å². The summed E-state index contributed by atoms with van der Waals surface area (Å²) in [6.45, 7) is 15.3. The number of aromatic nitrogens is 2. The zero-order valence-corrected chi connectivity index (χ0v) is 14.3. The Hall–Kier alpha value is -0.830. The molecule has 20 heavy (non-hydrogen) atoms. The third kappa shape index (κ3) is 3.08. The van der Waals surface area contributed by atoms with Gasteiger partial charge in [-0.05, 0) is 24.7 Å². The van der Waals surface area contributed by atoms with Crippen molar-refractivity contribution in [1.82, 2.24) is 9.97 Å². The summed E-state index contributed by atoms with van der Waals surface area (Å²) < 4.78 is 0. The van der Waals surface area contributed by atoms with Crippen molar-refractivity contribution in [2.75, 3.05) is 18.0 Å². The number of halogens is 1. The lowest BCUT2D eigenvalue weighted by molar-refractivity contribution is 0.263. The Kier molecular flexibility index (Phi) is 4.29. The van der Waals surface area contributed by atoms with Gasteiger partial charge in [-0.1, -0.05) is 46.2 Å². The molecule has 0 spiro atoms. The molecule has 1 aromatic heterocycles. The normalized spacial score (nSPS) is 20.0. The average Bonchev–Trinajstić information content (AvgIpc) is 2.81. The fourth-order valence-corrected chi connectivity index (χ4v) is 2.89. The van der Waals surface area contributed by atoms with Crippen molar-refractivity contribution in [3.63, 3.8) is 0 Å². The second kappa shape index (κ2) is 5.51. The lowest BCUT2D eigenvalue weighted by atomic mass is 9.80. The Bertz CT molecular complexity index is 491. The number of nitrogens with zero attached hydrogens (tertiary/aromatic N) is 3. The van der Waals surface area contributed by atoms with Crippen LogP contribution in [0.15, 0.2) is 0 Å². The topological polar surface area (TPSA) is 29.0 Å². The van der Waals surface area contributed by atoms with Crippen LogP contribution in [0.4, 0.5) is 5.82 Å². The molecule has 1 aliphatic heterocycles. The highest BCUT2D eigenvalue weighted by Crippen LogP contribution is 2.37. The van der Waals surface area contributed by atoms with Gasteiger partial charge in [-0.3, -0.25) is 0 Å². The van der Waals surface area contributed by atoms with Gasteiger partial charge in [-0.2, -0.15) is 0 Å². The predicted molar refractivity (Wildman–Crippen MR) is 85.6 cm³/mol. The van der Waals surface area contributed by atoms with Crippen molar-refractivity contribution in [2.24, 2.45) is 11.3 Å². The van der Waals surface area contributed by atoms with Gasteiger partial charge in [0.05, 0.1) is 0 Å². The molecule has 112 valence electrons. The Morgan fingerprint density at radius 2 is 1.90 bits per heavy atom. The predicted octanol–water partition coefficient (Wildman–Crippen LogP) is 4.43. The van der Waals surface area contributed by atoms with E-state index in [9.17, 15) is 0 Å². The molecular formula is C16H26ClN3. The second-order valence-corrected chi connectivity index (χ2v) is 7.63. The summed E-state index contributed by atoms with van der Waals surface area (Å²) in [6, 6.07) is 0. The summed E-state index contributed by atoms with van der Waals surface area (Å²) in [6.07, 6.45) is 1.22. The molecule has 0 aromatic carbocycles. The van der Waals surface area contributed by atoms with Crippen LogP contribution in [0, 0.1) is 18.3 Å². The van der Waals surface area contributed by atoms with Crippen molar-refractivity contribution in [3.8, 4) is 0 Å². The van der Waals surface area contributed by atoms with Crippen LogP contribution in [0.5, 0.6) is 0 Å². The average molecular weight is 296 g/mol. The highest BCUT2D eigenvalue weighted by molar-refractivity contribution is 6.30. The number of rotatable bonds is 2. The molecule has 1 aliphatic rings. The van der Waals surface area contributed by atoms with E-state index in [1.54, 1.807) is 0 Å². The molecule has 1 unspecified atom stereocenters. The van der Waals surface area contributed by atoms with Crippen LogP contribution in [-0.2, 0) is 0 Å². The largest absolute Gasteiger partial charge is 0.356 e. The first kappa shape index (κ1) is 15.6.